The number of aliphatic imine (C=N–C) groups is 3. The van der Waals surface area contributed by atoms with Gasteiger partial charge in [0.15, 0.2) is 17.5 Å². The molecule has 6 nitrogen and oxygen atoms in total. The minimum Gasteiger partial charge on any atom is -0.309 e. The summed E-state index contributed by atoms with van der Waals surface area (Å²) in [5.74, 6) is 1.53. The zero-order valence-corrected chi connectivity index (χ0v) is 31.6. The molecule has 0 radical (unpaired) electrons. The van der Waals surface area contributed by atoms with Crippen LogP contribution in [0.15, 0.2) is 197 Å². The summed E-state index contributed by atoms with van der Waals surface area (Å²) in [6, 6.07) is 62.7. The van der Waals surface area contributed by atoms with Crippen LogP contribution in [0.5, 0.6) is 0 Å². The molecule has 10 rings (SSSR count). The van der Waals surface area contributed by atoms with Crippen molar-refractivity contribution >= 4 is 71.8 Å². The molecule has 270 valence electrons. The maximum absolute atomic E-state index is 5.37. The number of aromatic nitrogens is 3. The summed E-state index contributed by atoms with van der Waals surface area (Å²) in [7, 11) is 0. The molecule has 3 heterocycles. The molecule has 0 aliphatic rings. The third-order valence-electron chi connectivity index (χ3n) is 10.2. The second kappa shape index (κ2) is 14.7. The van der Waals surface area contributed by atoms with Gasteiger partial charge in [-0.15, -0.1) is 11.3 Å². The van der Waals surface area contributed by atoms with Gasteiger partial charge in [0.2, 0.25) is 0 Å². The number of nitrogens with zero attached hydrogens (tertiary/aromatic N) is 6. The molecule has 57 heavy (non-hydrogen) atoms. The first-order chi connectivity index (χ1) is 28.2. The molecule has 7 heteroatoms. The third kappa shape index (κ3) is 6.40. The number of thiophene rings is 1. The average Bonchev–Trinajstić information content (AvgIpc) is 3.83. The summed E-state index contributed by atoms with van der Waals surface area (Å²) in [5.41, 5.74) is 9.85. The molecule has 0 amide bonds. The minimum atomic E-state index is 0.408. The standard InChI is InChI=1S/C50H34N6S/c1-51-48(36-21-15-20-35(30-36)34-18-7-3-8-19-34)55-50(52-32-33-16-5-2-6-17-33)46-47-45(40-25-12-14-27-44(40)57-47)53-49(54-46)37-28-29-43-41(31-37)39-24-11-13-26-42(39)56(43)38-22-9-4-10-23-38/h2-31H,1,32H2. The predicted molar refractivity (Wildman–Crippen MR) is 239 cm³/mol. The van der Waals surface area contributed by atoms with Crippen molar-refractivity contribution in [2.24, 2.45) is 15.0 Å². The Morgan fingerprint density at radius 2 is 1.25 bits per heavy atom. The van der Waals surface area contributed by atoms with Gasteiger partial charge >= 0.3 is 0 Å². The van der Waals surface area contributed by atoms with Gasteiger partial charge in [-0.25, -0.2) is 20.0 Å². The normalized spacial score (nSPS) is 12.2. The molecular weight excluding hydrogens is 717 g/mol. The second-order valence-corrected chi connectivity index (χ2v) is 14.8. The summed E-state index contributed by atoms with van der Waals surface area (Å²) in [4.78, 5) is 25.6. The van der Waals surface area contributed by atoms with Gasteiger partial charge in [-0.1, -0.05) is 133 Å². The number of hydrogen-bond acceptors (Lipinski definition) is 4. The van der Waals surface area contributed by atoms with E-state index >= 15 is 0 Å². The molecule has 0 unspecified atom stereocenters. The minimum absolute atomic E-state index is 0.408. The van der Waals surface area contributed by atoms with E-state index in [9.17, 15) is 0 Å². The van der Waals surface area contributed by atoms with E-state index in [4.69, 9.17) is 20.0 Å². The van der Waals surface area contributed by atoms with Crippen molar-refractivity contribution in [1.82, 2.24) is 14.5 Å². The third-order valence-corrected chi connectivity index (χ3v) is 11.4. The van der Waals surface area contributed by atoms with Crippen molar-refractivity contribution in [2.45, 2.75) is 6.54 Å². The lowest BCUT2D eigenvalue weighted by Crippen LogP contribution is -2.09. The molecule has 0 aliphatic heterocycles. The molecule has 0 spiro atoms. The predicted octanol–water partition coefficient (Wildman–Crippen LogP) is 12.4. The van der Waals surface area contributed by atoms with Crippen LogP contribution < -0.4 is 0 Å². The van der Waals surface area contributed by atoms with Crippen LogP contribution in [0, 0.1) is 0 Å². The monoisotopic (exact) mass is 750 g/mol. The van der Waals surface area contributed by atoms with E-state index in [-0.39, 0.29) is 0 Å². The molecular formula is C50H34N6S. The lowest BCUT2D eigenvalue weighted by molar-refractivity contribution is 1.06. The number of benzene rings is 7. The lowest BCUT2D eigenvalue weighted by atomic mass is 10.0. The van der Waals surface area contributed by atoms with E-state index in [1.54, 1.807) is 11.3 Å². The van der Waals surface area contributed by atoms with E-state index in [0.717, 1.165) is 75.6 Å². The van der Waals surface area contributed by atoms with Crippen molar-refractivity contribution < 1.29 is 0 Å². The van der Waals surface area contributed by atoms with Gasteiger partial charge in [-0.3, -0.25) is 4.99 Å². The Kier molecular flexibility index (Phi) is 8.82. The van der Waals surface area contributed by atoms with Gasteiger partial charge in [-0.2, -0.15) is 0 Å². The Hall–Kier alpha value is -7.35. The smallest absolute Gasteiger partial charge is 0.177 e. The fourth-order valence-corrected chi connectivity index (χ4v) is 8.64. The zero-order chi connectivity index (χ0) is 38.1. The summed E-state index contributed by atoms with van der Waals surface area (Å²) in [6.07, 6.45) is 0. The van der Waals surface area contributed by atoms with Gasteiger partial charge in [-0.05, 0) is 71.9 Å². The molecule has 0 fully saturated rings. The fourth-order valence-electron chi connectivity index (χ4n) is 7.51. The van der Waals surface area contributed by atoms with E-state index in [1.165, 1.54) is 0 Å². The van der Waals surface area contributed by atoms with Crippen LogP contribution >= 0.6 is 11.3 Å². The van der Waals surface area contributed by atoms with Crippen LogP contribution in [-0.2, 0) is 6.54 Å². The van der Waals surface area contributed by atoms with Crippen molar-refractivity contribution in [3.8, 4) is 28.2 Å². The van der Waals surface area contributed by atoms with Crippen molar-refractivity contribution in [1.29, 1.82) is 0 Å². The van der Waals surface area contributed by atoms with E-state index < -0.39 is 0 Å². The molecule has 10 aromatic rings. The van der Waals surface area contributed by atoms with Crippen LogP contribution in [-0.4, -0.2) is 32.9 Å². The van der Waals surface area contributed by atoms with Crippen molar-refractivity contribution in [3.05, 3.63) is 199 Å². The van der Waals surface area contributed by atoms with Gasteiger partial charge in [0.25, 0.3) is 0 Å². The summed E-state index contributed by atoms with van der Waals surface area (Å²) in [6.45, 7) is 4.38. The highest BCUT2D eigenvalue weighted by atomic mass is 32.1. The highest BCUT2D eigenvalue weighted by Crippen LogP contribution is 2.38. The van der Waals surface area contributed by atoms with Crippen molar-refractivity contribution in [2.75, 3.05) is 0 Å². The first-order valence-electron chi connectivity index (χ1n) is 18.8. The zero-order valence-electron chi connectivity index (χ0n) is 30.8. The maximum atomic E-state index is 5.37. The first-order valence-corrected chi connectivity index (χ1v) is 19.6. The van der Waals surface area contributed by atoms with E-state index in [0.29, 0.717) is 29.7 Å². The maximum Gasteiger partial charge on any atom is 0.177 e. The van der Waals surface area contributed by atoms with Crippen LogP contribution in [0.25, 0.3) is 70.3 Å². The molecule has 0 saturated carbocycles. The largest absolute Gasteiger partial charge is 0.309 e. The Balaban J connectivity index is 1.19. The van der Waals surface area contributed by atoms with Crippen LogP contribution in [0.2, 0.25) is 0 Å². The summed E-state index contributed by atoms with van der Waals surface area (Å²) >= 11 is 1.65. The van der Waals surface area contributed by atoms with E-state index in [2.05, 4.69) is 144 Å². The molecule has 0 bridgehead atoms. The Morgan fingerprint density at radius 1 is 0.561 bits per heavy atom. The average molecular weight is 751 g/mol. The number of rotatable bonds is 7. The fraction of sp³-hybridized carbons (Fsp3) is 0.0200. The van der Waals surface area contributed by atoms with Gasteiger partial charge < -0.3 is 4.57 Å². The molecule has 3 aromatic heterocycles. The van der Waals surface area contributed by atoms with Crippen LogP contribution in [0.3, 0.4) is 0 Å². The number of amidine groups is 2. The second-order valence-electron chi connectivity index (χ2n) is 13.8. The van der Waals surface area contributed by atoms with Gasteiger partial charge in [0.05, 0.1) is 27.8 Å². The highest BCUT2D eigenvalue weighted by Gasteiger charge is 2.21. The highest BCUT2D eigenvalue weighted by molar-refractivity contribution is 7.26. The van der Waals surface area contributed by atoms with E-state index in [1.807, 2.05) is 54.6 Å². The van der Waals surface area contributed by atoms with Crippen LogP contribution in [0.1, 0.15) is 16.8 Å². The molecule has 7 aromatic carbocycles. The van der Waals surface area contributed by atoms with Crippen LogP contribution in [0.4, 0.5) is 0 Å². The Labute approximate surface area is 333 Å². The van der Waals surface area contributed by atoms with Crippen molar-refractivity contribution in [3.63, 3.8) is 0 Å². The number of fused-ring (bicyclic) bond motifs is 6. The summed E-state index contributed by atoms with van der Waals surface area (Å²) < 4.78 is 4.35. The van der Waals surface area contributed by atoms with Gasteiger partial charge in [0.1, 0.15) is 5.69 Å². The molecule has 0 saturated heterocycles. The summed E-state index contributed by atoms with van der Waals surface area (Å²) in [5, 5.41) is 3.35. The van der Waals surface area contributed by atoms with Gasteiger partial charge in [0, 0.05) is 37.7 Å². The SMILES string of the molecule is C=NC(=NC(=NCc1ccccc1)c1nc(-c2ccc3c(c2)c2ccccc2n3-c2ccccc2)nc2c1sc1ccccc12)c1cccc(-c2ccccc2)c1. The number of para-hydroxylation sites is 2. The Bertz CT molecular complexity index is 3160. The first kappa shape index (κ1) is 34.2. The quantitative estimate of drug-likeness (QED) is 0.120. The Morgan fingerprint density at radius 3 is 2.05 bits per heavy atom. The lowest BCUT2D eigenvalue weighted by Gasteiger charge is -2.10. The topological polar surface area (TPSA) is 67.8 Å². The molecule has 0 N–H and O–H groups in total. The molecule has 0 aliphatic carbocycles. The molecule has 0 atom stereocenters. The number of hydrogen-bond donors (Lipinski definition) is 0.